The number of hydrogen-bond acceptors (Lipinski definition) is 3. The van der Waals surface area contributed by atoms with Crippen LogP contribution in [-0.4, -0.2) is 36.1 Å². The van der Waals surface area contributed by atoms with E-state index in [4.69, 9.17) is 10.5 Å². The third-order valence-corrected chi connectivity index (χ3v) is 2.39. The van der Waals surface area contributed by atoms with Gasteiger partial charge in [0.05, 0.1) is 6.61 Å². The van der Waals surface area contributed by atoms with Gasteiger partial charge in [0.25, 0.3) is 5.91 Å². The Hall–Kier alpha value is -1.26. The van der Waals surface area contributed by atoms with Crippen LogP contribution < -0.4 is 5.73 Å². The maximum Gasteiger partial charge on any atom is 0.410 e. The lowest BCUT2D eigenvalue weighted by atomic mass is 10.0. The molecule has 0 fully saturated rings. The van der Waals surface area contributed by atoms with Crippen molar-refractivity contribution in [2.45, 2.75) is 39.2 Å². The van der Waals surface area contributed by atoms with Gasteiger partial charge in [-0.1, -0.05) is 13.3 Å². The van der Waals surface area contributed by atoms with Gasteiger partial charge in [-0.2, -0.15) is 0 Å². The number of carbonyl (C=O) groups excluding carboxylic acids is 2. The summed E-state index contributed by atoms with van der Waals surface area (Å²) in [6, 6.07) is 0. The van der Waals surface area contributed by atoms with Gasteiger partial charge in [-0.25, -0.2) is 4.79 Å². The fourth-order valence-electron chi connectivity index (χ4n) is 0.781. The van der Waals surface area contributed by atoms with Crippen LogP contribution in [0.4, 0.5) is 4.79 Å². The third kappa shape index (κ3) is 3.77. The second kappa shape index (κ2) is 5.58. The van der Waals surface area contributed by atoms with Crippen molar-refractivity contribution in [2.24, 2.45) is 0 Å². The number of ether oxygens (including phenoxy) is 1. The fourth-order valence-corrected chi connectivity index (χ4v) is 0.781. The number of amides is 2. The number of unbranched alkanes of at least 4 members (excludes halogenated alkanes) is 1. The SMILES string of the molecule is CCCCOC(=O)N(C)C(C)(C)C([NH])=O. The minimum Gasteiger partial charge on any atom is -0.449 e. The molecule has 0 atom stereocenters. The summed E-state index contributed by atoms with van der Waals surface area (Å²) in [6.07, 6.45) is 1.18. The largest absolute Gasteiger partial charge is 0.449 e. The number of rotatable bonds is 5. The Bertz CT molecular complexity index is 239. The number of hydrogen-bond donors (Lipinski definition) is 0. The van der Waals surface area contributed by atoms with Crippen LogP contribution in [0.2, 0.25) is 0 Å². The fraction of sp³-hybridized carbons (Fsp3) is 0.800. The first-order valence-corrected chi connectivity index (χ1v) is 5.00. The van der Waals surface area contributed by atoms with E-state index in [2.05, 4.69) is 0 Å². The highest BCUT2D eigenvalue weighted by Crippen LogP contribution is 2.13. The van der Waals surface area contributed by atoms with Crippen LogP contribution in [0, 0.1) is 0 Å². The van der Waals surface area contributed by atoms with Crippen molar-refractivity contribution in [2.75, 3.05) is 13.7 Å². The summed E-state index contributed by atoms with van der Waals surface area (Å²) in [5, 5.41) is 0. The van der Waals surface area contributed by atoms with E-state index in [-0.39, 0.29) is 0 Å². The van der Waals surface area contributed by atoms with Crippen LogP contribution in [-0.2, 0) is 9.53 Å². The smallest absolute Gasteiger partial charge is 0.410 e. The Morgan fingerprint density at radius 3 is 2.33 bits per heavy atom. The predicted octanol–water partition coefficient (Wildman–Crippen LogP) is 1.44. The van der Waals surface area contributed by atoms with Gasteiger partial charge in [0.1, 0.15) is 5.54 Å². The van der Waals surface area contributed by atoms with Crippen molar-refractivity contribution in [1.29, 1.82) is 0 Å². The number of carbonyl (C=O) groups is 2. The zero-order valence-corrected chi connectivity index (χ0v) is 9.79. The number of nitrogens with one attached hydrogen (secondary N) is 1. The summed E-state index contributed by atoms with van der Waals surface area (Å²) < 4.78 is 4.93. The monoisotopic (exact) mass is 215 g/mol. The van der Waals surface area contributed by atoms with E-state index < -0.39 is 17.5 Å². The molecule has 0 aromatic heterocycles. The predicted molar refractivity (Wildman–Crippen MR) is 56.2 cm³/mol. The molecule has 0 aliphatic carbocycles. The minimum atomic E-state index is -1.14. The molecule has 0 aromatic rings. The minimum absolute atomic E-state index is 0.349. The van der Waals surface area contributed by atoms with Gasteiger partial charge in [-0.15, -0.1) is 0 Å². The summed E-state index contributed by atoms with van der Waals surface area (Å²) in [5.41, 5.74) is 5.89. The highest BCUT2D eigenvalue weighted by atomic mass is 16.6. The normalized spacial score (nSPS) is 10.9. The van der Waals surface area contributed by atoms with Gasteiger partial charge in [0.15, 0.2) is 0 Å². The second-order valence-corrected chi connectivity index (χ2v) is 3.92. The third-order valence-electron chi connectivity index (χ3n) is 2.39. The first kappa shape index (κ1) is 13.7. The topological polar surface area (TPSA) is 70.4 Å². The summed E-state index contributed by atoms with van der Waals surface area (Å²) in [4.78, 5) is 23.5. The molecular formula is C10H19N2O3. The van der Waals surface area contributed by atoms with Crippen LogP contribution in [0.25, 0.3) is 0 Å². The van der Waals surface area contributed by atoms with E-state index in [1.807, 2.05) is 6.92 Å². The molecule has 5 nitrogen and oxygen atoms in total. The average Bonchev–Trinajstić information content (AvgIpc) is 2.16. The zero-order valence-electron chi connectivity index (χ0n) is 9.79. The Kier molecular flexibility index (Phi) is 5.11. The maximum absolute atomic E-state index is 11.4. The molecule has 15 heavy (non-hydrogen) atoms. The molecule has 1 N–H and O–H groups in total. The number of likely N-dealkylation sites (N-methyl/N-ethyl adjacent to an activating group) is 1. The maximum atomic E-state index is 11.4. The van der Waals surface area contributed by atoms with Crippen LogP contribution in [0.3, 0.4) is 0 Å². The number of nitrogens with zero attached hydrogens (tertiary/aromatic N) is 1. The molecule has 0 aliphatic rings. The first-order chi connectivity index (χ1) is 6.84. The molecule has 1 radical (unpaired) electrons. The van der Waals surface area contributed by atoms with Crippen LogP contribution in [0.1, 0.15) is 33.6 Å². The molecule has 0 unspecified atom stereocenters. The van der Waals surface area contributed by atoms with Crippen molar-refractivity contribution < 1.29 is 14.3 Å². The van der Waals surface area contributed by atoms with Crippen LogP contribution >= 0.6 is 0 Å². The summed E-state index contributed by atoms with van der Waals surface area (Å²) in [5.74, 6) is -0.808. The lowest BCUT2D eigenvalue weighted by Gasteiger charge is -2.31. The molecule has 5 heteroatoms. The summed E-state index contributed by atoms with van der Waals surface area (Å²) in [7, 11) is 1.46. The van der Waals surface area contributed by atoms with Crippen LogP contribution in [0.15, 0.2) is 0 Å². The lowest BCUT2D eigenvalue weighted by Crippen LogP contribution is -2.51. The van der Waals surface area contributed by atoms with Gasteiger partial charge >= 0.3 is 6.09 Å². The molecule has 87 valence electrons. The highest BCUT2D eigenvalue weighted by molar-refractivity contribution is 5.87. The van der Waals surface area contributed by atoms with E-state index in [0.717, 1.165) is 17.7 Å². The summed E-state index contributed by atoms with van der Waals surface area (Å²) in [6.45, 7) is 5.38. The van der Waals surface area contributed by atoms with Gasteiger partial charge in [-0.3, -0.25) is 15.4 Å². The molecule has 0 bridgehead atoms. The highest BCUT2D eigenvalue weighted by Gasteiger charge is 2.34. The Morgan fingerprint density at radius 1 is 1.40 bits per heavy atom. The standard InChI is InChI=1S/C10H19N2O3/c1-5-6-7-15-9(14)12(4)10(2,3)8(11)13/h11H,5-7H2,1-4H3. The van der Waals surface area contributed by atoms with Crippen molar-refractivity contribution in [1.82, 2.24) is 10.6 Å². The zero-order chi connectivity index (χ0) is 12.1. The first-order valence-electron chi connectivity index (χ1n) is 5.00. The lowest BCUT2D eigenvalue weighted by molar-refractivity contribution is -0.127. The van der Waals surface area contributed by atoms with Crippen molar-refractivity contribution in [3.05, 3.63) is 0 Å². The van der Waals surface area contributed by atoms with Gasteiger partial charge in [0.2, 0.25) is 0 Å². The second-order valence-electron chi connectivity index (χ2n) is 3.92. The molecule has 0 heterocycles. The quantitative estimate of drug-likeness (QED) is 0.651. The summed E-state index contributed by atoms with van der Waals surface area (Å²) >= 11 is 0. The Morgan fingerprint density at radius 2 is 1.93 bits per heavy atom. The Labute approximate surface area is 90.6 Å². The van der Waals surface area contributed by atoms with Crippen molar-refractivity contribution >= 4 is 12.0 Å². The molecule has 0 aromatic carbocycles. The van der Waals surface area contributed by atoms with Gasteiger partial charge in [0, 0.05) is 7.05 Å². The van der Waals surface area contributed by atoms with Crippen molar-refractivity contribution in [3.8, 4) is 0 Å². The van der Waals surface area contributed by atoms with E-state index in [0.29, 0.717) is 6.61 Å². The van der Waals surface area contributed by atoms with E-state index in [9.17, 15) is 9.59 Å². The molecule has 0 spiro atoms. The van der Waals surface area contributed by atoms with E-state index in [1.165, 1.54) is 20.9 Å². The van der Waals surface area contributed by atoms with E-state index in [1.54, 1.807) is 0 Å². The molecular weight excluding hydrogens is 196 g/mol. The van der Waals surface area contributed by atoms with Crippen LogP contribution in [0.5, 0.6) is 0 Å². The molecule has 0 saturated carbocycles. The van der Waals surface area contributed by atoms with Gasteiger partial charge in [-0.05, 0) is 20.3 Å². The molecule has 2 amide bonds. The van der Waals surface area contributed by atoms with E-state index >= 15 is 0 Å². The Balaban J connectivity index is 4.25. The van der Waals surface area contributed by atoms with Gasteiger partial charge < -0.3 is 4.74 Å². The average molecular weight is 215 g/mol. The molecule has 0 rings (SSSR count). The molecule has 0 aliphatic heterocycles. The molecule has 0 saturated heterocycles. The van der Waals surface area contributed by atoms with Crippen molar-refractivity contribution in [3.63, 3.8) is 0 Å².